The van der Waals surface area contributed by atoms with Crippen LogP contribution in [0.5, 0.6) is 5.75 Å². The van der Waals surface area contributed by atoms with Crippen molar-refractivity contribution in [3.05, 3.63) is 28.2 Å². The second kappa shape index (κ2) is 6.89. The van der Waals surface area contributed by atoms with Gasteiger partial charge in [0.25, 0.3) is 0 Å². The first-order chi connectivity index (χ1) is 7.65. The van der Waals surface area contributed by atoms with Gasteiger partial charge in [0.15, 0.2) is 0 Å². The molecule has 3 nitrogen and oxygen atoms in total. The Hall–Kier alpha value is -0.580. The predicted molar refractivity (Wildman–Crippen MR) is 66.8 cm³/mol. The summed E-state index contributed by atoms with van der Waals surface area (Å²) >= 11 is 3.37. The van der Waals surface area contributed by atoms with Crippen molar-refractivity contribution in [3.63, 3.8) is 0 Å². The summed E-state index contributed by atoms with van der Waals surface area (Å²) in [5.74, 6) is 0.706. The normalized spacial score (nSPS) is 12.5. The summed E-state index contributed by atoms with van der Waals surface area (Å²) in [6, 6.07) is 5.60. The third-order valence-electron chi connectivity index (χ3n) is 2.11. The van der Waals surface area contributed by atoms with Crippen LogP contribution in [0.2, 0.25) is 0 Å². The lowest BCUT2D eigenvalue weighted by Gasteiger charge is -2.13. The van der Waals surface area contributed by atoms with Crippen LogP contribution >= 0.6 is 15.9 Å². The van der Waals surface area contributed by atoms with Crippen molar-refractivity contribution in [2.24, 2.45) is 0 Å². The molecule has 0 aliphatic rings. The first-order valence-corrected chi connectivity index (χ1v) is 6.12. The van der Waals surface area contributed by atoms with Gasteiger partial charge < -0.3 is 14.6 Å². The van der Waals surface area contributed by atoms with Crippen LogP contribution in [0.3, 0.4) is 0 Å². The van der Waals surface area contributed by atoms with E-state index in [1.54, 1.807) is 6.92 Å². The molecule has 1 unspecified atom stereocenters. The van der Waals surface area contributed by atoms with E-state index in [9.17, 15) is 5.11 Å². The lowest BCUT2D eigenvalue weighted by molar-refractivity contribution is 0.108. The molecule has 0 bridgehead atoms. The molecule has 1 aromatic rings. The first kappa shape index (κ1) is 13.5. The summed E-state index contributed by atoms with van der Waals surface area (Å²) in [4.78, 5) is 0. The fourth-order valence-corrected chi connectivity index (χ4v) is 1.71. The summed E-state index contributed by atoms with van der Waals surface area (Å²) in [7, 11) is 0. The number of ether oxygens (including phenoxy) is 2. The highest BCUT2D eigenvalue weighted by Gasteiger charge is 2.09. The third kappa shape index (κ3) is 4.12. The monoisotopic (exact) mass is 288 g/mol. The fraction of sp³-hybridized carbons (Fsp3) is 0.500. The summed E-state index contributed by atoms with van der Waals surface area (Å²) in [5.41, 5.74) is 0.783. The quantitative estimate of drug-likeness (QED) is 0.818. The Bertz CT molecular complexity index is 326. The molecule has 0 saturated heterocycles. The van der Waals surface area contributed by atoms with Gasteiger partial charge in [-0.05, 0) is 32.0 Å². The lowest BCUT2D eigenvalue weighted by atomic mass is 10.1. The number of benzene rings is 1. The molecule has 1 N–H and O–H groups in total. The van der Waals surface area contributed by atoms with Crippen LogP contribution in [0.25, 0.3) is 0 Å². The number of aliphatic hydroxyl groups excluding tert-OH is 1. The first-order valence-electron chi connectivity index (χ1n) is 5.33. The van der Waals surface area contributed by atoms with E-state index in [1.807, 2.05) is 25.1 Å². The van der Waals surface area contributed by atoms with Gasteiger partial charge in [0.05, 0.1) is 12.7 Å². The molecule has 0 heterocycles. The number of aliphatic hydroxyl groups is 1. The zero-order valence-electron chi connectivity index (χ0n) is 9.57. The molecule has 0 saturated carbocycles. The lowest BCUT2D eigenvalue weighted by Crippen LogP contribution is -2.08. The summed E-state index contributed by atoms with van der Waals surface area (Å²) in [6.45, 7) is 5.41. The standard InChI is InChI=1S/C12H17BrO3/c1-3-15-6-7-16-12-5-4-10(13)8-11(12)9(2)14/h4-5,8-9,14H,3,6-7H2,1-2H3. The Morgan fingerprint density at radius 3 is 2.75 bits per heavy atom. The highest BCUT2D eigenvalue weighted by molar-refractivity contribution is 9.10. The molecule has 0 spiro atoms. The topological polar surface area (TPSA) is 38.7 Å². The number of rotatable bonds is 6. The largest absolute Gasteiger partial charge is 0.491 e. The summed E-state index contributed by atoms with van der Waals surface area (Å²) in [6.07, 6.45) is -0.542. The van der Waals surface area contributed by atoms with Crippen LogP contribution in [0.1, 0.15) is 25.5 Å². The maximum absolute atomic E-state index is 9.60. The van der Waals surface area contributed by atoms with Gasteiger partial charge in [-0.1, -0.05) is 15.9 Å². The van der Waals surface area contributed by atoms with Gasteiger partial charge in [0, 0.05) is 16.6 Å². The smallest absolute Gasteiger partial charge is 0.125 e. The molecule has 1 rings (SSSR count). The molecule has 0 radical (unpaired) electrons. The fourth-order valence-electron chi connectivity index (χ4n) is 1.33. The van der Waals surface area contributed by atoms with Crippen molar-refractivity contribution in [1.29, 1.82) is 0 Å². The van der Waals surface area contributed by atoms with Crippen LogP contribution in [-0.2, 0) is 4.74 Å². The molecular formula is C12H17BrO3. The number of hydrogen-bond acceptors (Lipinski definition) is 3. The number of halogens is 1. The molecule has 4 heteroatoms. The predicted octanol–water partition coefficient (Wildman–Crippen LogP) is 2.92. The molecule has 0 fully saturated rings. The molecule has 90 valence electrons. The second-order valence-corrected chi connectivity index (χ2v) is 4.32. The van der Waals surface area contributed by atoms with Crippen molar-refractivity contribution in [2.45, 2.75) is 20.0 Å². The van der Waals surface area contributed by atoms with Gasteiger partial charge in [0.2, 0.25) is 0 Å². The van der Waals surface area contributed by atoms with E-state index in [0.29, 0.717) is 25.6 Å². The highest BCUT2D eigenvalue weighted by Crippen LogP contribution is 2.28. The van der Waals surface area contributed by atoms with E-state index in [0.717, 1.165) is 10.0 Å². The zero-order chi connectivity index (χ0) is 12.0. The minimum atomic E-state index is -0.542. The Balaban J connectivity index is 2.64. The van der Waals surface area contributed by atoms with Gasteiger partial charge >= 0.3 is 0 Å². The van der Waals surface area contributed by atoms with Crippen molar-refractivity contribution < 1.29 is 14.6 Å². The zero-order valence-corrected chi connectivity index (χ0v) is 11.2. The van der Waals surface area contributed by atoms with Gasteiger partial charge in [0.1, 0.15) is 12.4 Å². The maximum Gasteiger partial charge on any atom is 0.125 e. The van der Waals surface area contributed by atoms with Crippen LogP contribution in [0, 0.1) is 0 Å². The number of hydrogen-bond donors (Lipinski definition) is 1. The average Bonchev–Trinajstić information content (AvgIpc) is 2.26. The Morgan fingerprint density at radius 1 is 1.38 bits per heavy atom. The van der Waals surface area contributed by atoms with Crippen molar-refractivity contribution in [2.75, 3.05) is 19.8 Å². The molecule has 0 amide bonds. The molecule has 0 aliphatic carbocycles. The van der Waals surface area contributed by atoms with E-state index in [4.69, 9.17) is 9.47 Å². The van der Waals surface area contributed by atoms with Gasteiger partial charge in [-0.15, -0.1) is 0 Å². The molecule has 16 heavy (non-hydrogen) atoms. The second-order valence-electron chi connectivity index (χ2n) is 3.40. The summed E-state index contributed by atoms with van der Waals surface area (Å²) in [5, 5.41) is 9.60. The van der Waals surface area contributed by atoms with Crippen LogP contribution in [0.15, 0.2) is 22.7 Å². The van der Waals surface area contributed by atoms with Crippen LogP contribution < -0.4 is 4.74 Å². The van der Waals surface area contributed by atoms with E-state index in [2.05, 4.69) is 15.9 Å². The molecule has 0 aromatic heterocycles. The molecular weight excluding hydrogens is 272 g/mol. The highest BCUT2D eigenvalue weighted by atomic mass is 79.9. The minimum Gasteiger partial charge on any atom is -0.491 e. The van der Waals surface area contributed by atoms with Gasteiger partial charge in [-0.3, -0.25) is 0 Å². The van der Waals surface area contributed by atoms with E-state index >= 15 is 0 Å². The van der Waals surface area contributed by atoms with E-state index < -0.39 is 6.10 Å². The van der Waals surface area contributed by atoms with Crippen LogP contribution in [0.4, 0.5) is 0 Å². The van der Waals surface area contributed by atoms with Gasteiger partial charge in [-0.2, -0.15) is 0 Å². The van der Waals surface area contributed by atoms with Crippen molar-refractivity contribution in [3.8, 4) is 5.75 Å². The Labute approximate surface area is 105 Å². The van der Waals surface area contributed by atoms with Crippen LogP contribution in [-0.4, -0.2) is 24.9 Å². The van der Waals surface area contributed by atoms with Crippen molar-refractivity contribution in [1.82, 2.24) is 0 Å². The Kier molecular flexibility index (Phi) is 5.80. The third-order valence-corrected chi connectivity index (χ3v) is 2.60. The van der Waals surface area contributed by atoms with Crippen molar-refractivity contribution >= 4 is 15.9 Å². The molecule has 0 aliphatic heterocycles. The average molecular weight is 289 g/mol. The molecule has 1 aromatic carbocycles. The minimum absolute atomic E-state index is 0.495. The molecule has 1 atom stereocenters. The van der Waals surface area contributed by atoms with E-state index in [1.165, 1.54) is 0 Å². The maximum atomic E-state index is 9.60. The Morgan fingerprint density at radius 2 is 2.12 bits per heavy atom. The summed E-state index contributed by atoms with van der Waals surface area (Å²) < 4.78 is 11.7. The van der Waals surface area contributed by atoms with Gasteiger partial charge in [-0.25, -0.2) is 0 Å². The SMILES string of the molecule is CCOCCOc1ccc(Br)cc1C(C)O. The van der Waals surface area contributed by atoms with E-state index in [-0.39, 0.29) is 0 Å².